The van der Waals surface area contributed by atoms with Crippen LogP contribution in [0.3, 0.4) is 0 Å². The number of amides is 2. The molecule has 3 saturated heterocycles. The number of aliphatic hydroxyl groups is 4. The molecular weight excluding hydrogens is 1030 g/mol. The van der Waals surface area contributed by atoms with Crippen molar-refractivity contribution in [1.29, 1.82) is 0 Å². The lowest BCUT2D eigenvalue weighted by Gasteiger charge is -2.50. The Balaban J connectivity index is 0.00000521. The van der Waals surface area contributed by atoms with Crippen LogP contribution in [0.2, 0.25) is 0 Å². The van der Waals surface area contributed by atoms with E-state index in [9.17, 15) is 52.5 Å². The van der Waals surface area contributed by atoms with Gasteiger partial charge in [-0.05, 0) is 108 Å². The zero-order valence-corrected chi connectivity index (χ0v) is 48.7. The molecule has 16 atom stereocenters. The molecule has 9 unspecified atom stereocenters. The summed E-state index contributed by atoms with van der Waals surface area (Å²) in [5.41, 5.74) is 1.59. The molecule has 4 fully saturated rings. The van der Waals surface area contributed by atoms with Crippen LogP contribution < -0.4 is 9.44 Å². The SMILES string of the molecule is CC/C(C)=C/C=C/C=C/[C@@H](C)CC(C)C(=O)[C@H](OC)C(O)/C(C)=C/[C@@H](C)C(=O)C[C@@H]1OC(=O)C2C(CCCN2C(=O)C(=O)C2(O)O[C@H](C)CCC2C)[C@@H]1CC1CC[C@@H](OC(=O)NS(=O)(=O)NCC(O)CO)C(OC)C1.COC. The fraction of sp³-hybridized carbons (Fsp3) is 0.750. The number of allylic oxidation sites excluding steroid dienone is 7. The number of esters is 1. The monoisotopic (exact) mass is 1130 g/mol. The third-order valence-electron chi connectivity index (χ3n) is 15.5. The number of piperidine rings is 1. The summed E-state index contributed by atoms with van der Waals surface area (Å²) in [6.07, 6.45) is 7.46. The lowest BCUT2D eigenvalue weighted by atomic mass is 9.68. The zero-order chi connectivity index (χ0) is 58.7. The molecule has 3 aliphatic heterocycles. The Morgan fingerprint density at radius 1 is 0.949 bits per heavy atom. The van der Waals surface area contributed by atoms with E-state index < -0.39 is 131 Å². The molecule has 2 amide bonds. The van der Waals surface area contributed by atoms with Crippen molar-refractivity contribution in [1.82, 2.24) is 14.3 Å². The molecular formula is C56H91N3O18S. The first kappa shape index (κ1) is 68.0. The Labute approximate surface area is 462 Å². The van der Waals surface area contributed by atoms with Crippen molar-refractivity contribution in [3.05, 3.63) is 47.6 Å². The summed E-state index contributed by atoms with van der Waals surface area (Å²) in [4.78, 5) is 84.3. The van der Waals surface area contributed by atoms with Crippen molar-refractivity contribution in [2.45, 2.75) is 181 Å². The summed E-state index contributed by atoms with van der Waals surface area (Å²) in [6.45, 7) is 13.3. The van der Waals surface area contributed by atoms with Gasteiger partial charge in [-0.2, -0.15) is 13.1 Å². The van der Waals surface area contributed by atoms with E-state index in [-0.39, 0.29) is 42.8 Å². The van der Waals surface area contributed by atoms with E-state index in [4.69, 9.17) is 28.8 Å². The Bertz CT molecular complexity index is 2240. The van der Waals surface area contributed by atoms with Crippen molar-refractivity contribution >= 4 is 45.5 Å². The quantitative estimate of drug-likeness (QED) is 0.0299. The number of carbonyl (C=O) groups excluding carboxylic acids is 6. The molecule has 22 heteroatoms. The van der Waals surface area contributed by atoms with Crippen molar-refractivity contribution < 1.29 is 86.0 Å². The maximum Gasteiger partial charge on any atom is 0.422 e. The number of Topliss-reactive ketones (excluding diaryl/α,β-unsaturated/α-hetero) is 3. The Hall–Kier alpha value is -4.23. The van der Waals surface area contributed by atoms with E-state index in [1.165, 1.54) is 24.7 Å². The van der Waals surface area contributed by atoms with Gasteiger partial charge in [0.1, 0.15) is 36.2 Å². The van der Waals surface area contributed by atoms with Crippen LogP contribution in [0, 0.1) is 41.4 Å². The highest BCUT2D eigenvalue weighted by Crippen LogP contribution is 2.45. The first-order valence-electron chi connectivity index (χ1n) is 27.3. The molecule has 6 N–H and O–H groups in total. The van der Waals surface area contributed by atoms with Crippen LogP contribution in [0.25, 0.3) is 0 Å². The van der Waals surface area contributed by atoms with Gasteiger partial charge >= 0.3 is 22.3 Å². The molecule has 0 aromatic heterocycles. The second-order valence-electron chi connectivity index (χ2n) is 21.8. The van der Waals surface area contributed by atoms with Gasteiger partial charge in [0.2, 0.25) is 5.79 Å². The van der Waals surface area contributed by atoms with Gasteiger partial charge in [0.25, 0.3) is 11.7 Å². The minimum atomic E-state index is -4.46. The normalized spacial score (nSPS) is 29.5. The first-order valence-corrected chi connectivity index (χ1v) is 28.8. The van der Waals surface area contributed by atoms with Gasteiger partial charge in [-0.1, -0.05) is 76.6 Å². The number of aliphatic hydroxyl groups excluding tert-OH is 3. The molecule has 78 heavy (non-hydrogen) atoms. The van der Waals surface area contributed by atoms with Gasteiger partial charge in [-0.3, -0.25) is 19.2 Å². The number of hydrogen-bond donors (Lipinski definition) is 6. The minimum Gasteiger partial charge on any atom is -0.460 e. The van der Waals surface area contributed by atoms with Crippen molar-refractivity contribution in [3.63, 3.8) is 0 Å². The smallest absolute Gasteiger partial charge is 0.422 e. The molecule has 444 valence electrons. The topological polar surface area (TPSA) is 300 Å². The van der Waals surface area contributed by atoms with Gasteiger partial charge in [0.15, 0.2) is 5.78 Å². The predicted molar refractivity (Wildman–Crippen MR) is 289 cm³/mol. The minimum absolute atomic E-state index is 0.0263. The number of cyclic esters (lactones) is 1. The number of rotatable bonds is 26. The summed E-state index contributed by atoms with van der Waals surface area (Å²) in [5.74, 6) is -9.34. The van der Waals surface area contributed by atoms with E-state index in [0.717, 1.165) is 6.42 Å². The molecule has 1 saturated carbocycles. The van der Waals surface area contributed by atoms with Crippen LogP contribution in [0.4, 0.5) is 4.79 Å². The maximum absolute atomic E-state index is 14.3. The van der Waals surface area contributed by atoms with Gasteiger partial charge in [0, 0.05) is 71.6 Å². The molecule has 3 heterocycles. The summed E-state index contributed by atoms with van der Waals surface area (Å²) in [6, 6.07) is -1.23. The van der Waals surface area contributed by atoms with Crippen LogP contribution in [0.1, 0.15) is 126 Å². The number of ether oxygens (including phenoxy) is 6. The molecule has 1 aliphatic carbocycles. The number of hydrogen-bond acceptors (Lipinski definition) is 18. The number of fused-ring (bicyclic) bond motifs is 1. The van der Waals surface area contributed by atoms with Crippen LogP contribution in [0.15, 0.2) is 47.6 Å². The van der Waals surface area contributed by atoms with E-state index in [1.54, 1.807) is 59.6 Å². The van der Waals surface area contributed by atoms with Crippen LogP contribution in [0.5, 0.6) is 0 Å². The van der Waals surface area contributed by atoms with Gasteiger partial charge < -0.3 is 53.7 Å². The van der Waals surface area contributed by atoms with E-state index in [0.29, 0.717) is 56.9 Å². The maximum atomic E-state index is 14.3. The standard InChI is InChI=1S/C54H85N3O17S.C2H6O/c1-11-31(2)16-13-12-14-17-32(3)24-34(5)47(61)49(71-10)48(62)35(6)25-33(4)42(60)28-44-41(26-38-21-22-43(45(27-38)70-9)73-53(66)56-75(68,69)55-29-39(59)30-58)40-18-15-23-57(46(40)52(65)72-44)51(64)50(63)54(67)36(7)19-20-37(8)74-54;1-3-2/h12-14,16-17,25,32-34,36-41,43-46,48-49,55,58-59,62,67H,11,15,18-24,26-30H2,1-10H3,(H,56,66);1-2H3/b13-12+,17-14+,31-16+,35-25+;/t32-,33-,34?,36?,37-,38?,39?,40?,41+,43-,44+,45?,46?,48?,49+,54?;/m1./s1. The van der Waals surface area contributed by atoms with Crippen LogP contribution in [-0.2, 0) is 62.6 Å². The Morgan fingerprint density at radius 2 is 1.63 bits per heavy atom. The average molecular weight is 1130 g/mol. The number of likely N-dealkylation sites (tertiary alicyclic amines) is 1. The molecule has 4 aliphatic rings. The Kier molecular flexibility index (Phi) is 28.2. The zero-order valence-electron chi connectivity index (χ0n) is 47.9. The predicted octanol–water partition coefficient (Wildman–Crippen LogP) is 4.60. The molecule has 0 aromatic carbocycles. The second-order valence-corrected chi connectivity index (χ2v) is 23.3. The van der Waals surface area contributed by atoms with Crippen LogP contribution in [-0.4, -0.2) is 172 Å². The second kappa shape index (κ2) is 32.3. The van der Waals surface area contributed by atoms with Gasteiger partial charge in [-0.15, -0.1) is 0 Å². The van der Waals surface area contributed by atoms with Gasteiger partial charge in [-0.25, -0.2) is 14.3 Å². The highest BCUT2D eigenvalue weighted by Gasteiger charge is 2.56. The lowest BCUT2D eigenvalue weighted by Crippen LogP contribution is -2.64. The third kappa shape index (κ3) is 19.5. The highest BCUT2D eigenvalue weighted by molar-refractivity contribution is 7.88. The number of methoxy groups -OCH3 is 3. The average Bonchev–Trinajstić information content (AvgIpc) is 3.39. The van der Waals surface area contributed by atoms with Crippen molar-refractivity contribution in [2.75, 3.05) is 48.1 Å². The first-order chi connectivity index (χ1) is 36.7. The molecule has 4 rings (SSSR count). The number of carbonyl (C=O) groups is 6. The summed E-state index contributed by atoms with van der Waals surface area (Å²) in [7, 11) is 1.55. The number of ketones is 3. The van der Waals surface area contributed by atoms with E-state index in [1.807, 2.05) is 42.0 Å². The summed E-state index contributed by atoms with van der Waals surface area (Å²) >= 11 is 0. The van der Waals surface area contributed by atoms with Crippen LogP contribution >= 0.6 is 0 Å². The van der Waals surface area contributed by atoms with E-state index >= 15 is 0 Å². The number of nitrogens with zero attached hydrogens (tertiary/aromatic N) is 1. The van der Waals surface area contributed by atoms with Crippen molar-refractivity contribution in [3.8, 4) is 0 Å². The highest BCUT2D eigenvalue weighted by atomic mass is 32.2. The summed E-state index contributed by atoms with van der Waals surface area (Å²) < 4.78 is 61.4. The fourth-order valence-corrected chi connectivity index (χ4v) is 11.6. The Morgan fingerprint density at radius 3 is 2.26 bits per heavy atom. The fourth-order valence-electron chi connectivity index (χ4n) is 10.9. The molecule has 0 radical (unpaired) electrons. The van der Waals surface area contributed by atoms with Gasteiger partial charge in [0.05, 0.1) is 24.9 Å². The molecule has 0 spiro atoms. The third-order valence-corrected chi connectivity index (χ3v) is 16.5. The molecule has 0 aromatic rings. The largest absolute Gasteiger partial charge is 0.460 e. The lowest BCUT2D eigenvalue weighted by molar-refractivity contribution is -0.260. The van der Waals surface area contributed by atoms with Crippen molar-refractivity contribution in [2.24, 2.45) is 41.4 Å². The van der Waals surface area contributed by atoms with E-state index in [2.05, 4.69) is 18.6 Å². The molecule has 0 bridgehead atoms. The number of nitrogens with one attached hydrogen (secondary N) is 2. The molecule has 21 nitrogen and oxygen atoms in total. The summed E-state index contributed by atoms with van der Waals surface area (Å²) in [5, 5.41) is 41.5.